The van der Waals surface area contributed by atoms with Gasteiger partial charge in [-0.25, -0.2) is 18.4 Å². The van der Waals surface area contributed by atoms with Crippen molar-refractivity contribution in [2.24, 2.45) is 61.8 Å². The van der Waals surface area contributed by atoms with E-state index in [0.717, 1.165) is 37.7 Å². The van der Waals surface area contributed by atoms with Crippen LogP contribution >= 0.6 is 0 Å². The number of amides is 1. The number of allylic oxidation sites excluding steroid dienone is 3. The minimum absolute atomic E-state index is 0.00175. The van der Waals surface area contributed by atoms with Crippen LogP contribution in [0.1, 0.15) is 126 Å². The second-order valence-corrected chi connectivity index (χ2v) is 20.3. The number of carbonyl (C=O) groups is 2. The van der Waals surface area contributed by atoms with Gasteiger partial charge in [0, 0.05) is 12.1 Å². The lowest BCUT2D eigenvalue weighted by atomic mass is 9.32. The number of carboxylic acids is 1. The number of carboxylic acid groups (broad SMARTS) is 1. The predicted octanol–water partition coefficient (Wildman–Crippen LogP) is 9.11. The van der Waals surface area contributed by atoms with Crippen molar-refractivity contribution in [3.63, 3.8) is 0 Å². The fourth-order valence-corrected chi connectivity index (χ4v) is 14.2. The molecule has 0 bridgehead atoms. The second-order valence-electron chi connectivity index (χ2n) is 18.7. The molecule has 4 fully saturated rings. The van der Waals surface area contributed by atoms with Gasteiger partial charge in [0.25, 0.3) is 5.91 Å². The van der Waals surface area contributed by atoms with Gasteiger partial charge in [0.15, 0.2) is 0 Å². The zero-order valence-electron chi connectivity index (χ0n) is 31.9. The minimum Gasteiger partial charge on any atom is -0.478 e. The Balaban J connectivity index is 1.16. The fraction of sp³-hybridized carbons (Fsp3) is 0.591. The van der Waals surface area contributed by atoms with Crippen molar-refractivity contribution in [2.75, 3.05) is 6.54 Å². The number of primary sulfonamides is 1. The number of rotatable bonds is 7. The van der Waals surface area contributed by atoms with Crippen LogP contribution < -0.4 is 10.5 Å². The molecule has 280 valence electrons. The number of sulfonamides is 1. The van der Waals surface area contributed by atoms with Crippen LogP contribution in [0.2, 0.25) is 0 Å². The maximum Gasteiger partial charge on any atom is 0.335 e. The number of nitrogens with one attached hydrogen (secondary N) is 1. The van der Waals surface area contributed by atoms with E-state index in [1.807, 2.05) is 12.1 Å². The number of hydrogen-bond acceptors (Lipinski definition) is 4. The van der Waals surface area contributed by atoms with Gasteiger partial charge in [0.05, 0.1) is 10.5 Å². The zero-order chi connectivity index (χ0) is 37.6. The topological polar surface area (TPSA) is 127 Å². The maximum absolute atomic E-state index is 13.5. The molecule has 5 aliphatic rings. The van der Waals surface area contributed by atoms with Crippen molar-refractivity contribution in [3.05, 3.63) is 83.4 Å². The number of hydrogen-bond donors (Lipinski definition) is 3. The highest BCUT2D eigenvalue weighted by atomic mass is 32.2. The first kappa shape index (κ1) is 37.1. The van der Waals surface area contributed by atoms with Gasteiger partial charge < -0.3 is 10.4 Å². The van der Waals surface area contributed by atoms with Gasteiger partial charge in [-0.15, -0.1) is 0 Å². The molecule has 0 aromatic heterocycles. The Morgan fingerprint density at radius 2 is 1.50 bits per heavy atom. The number of fused-ring (bicyclic) bond motifs is 7. The number of carbonyl (C=O) groups excluding carboxylic acids is 1. The molecule has 4 saturated carbocycles. The van der Waals surface area contributed by atoms with E-state index in [1.54, 1.807) is 24.3 Å². The van der Waals surface area contributed by atoms with Crippen LogP contribution in [0.3, 0.4) is 0 Å². The molecule has 0 heterocycles. The van der Waals surface area contributed by atoms with Crippen molar-refractivity contribution in [1.29, 1.82) is 0 Å². The zero-order valence-corrected chi connectivity index (χ0v) is 32.7. The molecule has 8 heteroatoms. The Labute approximate surface area is 311 Å². The molecule has 0 unspecified atom stereocenters. The first-order valence-electron chi connectivity index (χ1n) is 19.4. The average Bonchev–Trinajstić information content (AvgIpc) is 3.47. The van der Waals surface area contributed by atoms with Crippen LogP contribution in [0, 0.1) is 56.7 Å². The van der Waals surface area contributed by atoms with Gasteiger partial charge in [0.2, 0.25) is 10.0 Å². The molecule has 1 amide bonds. The molecule has 0 spiro atoms. The van der Waals surface area contributed by atoms with Crippen LogP contribution in [0.4, 0.5) is 0 Å². The highest BCUT2D eigenvalue weighted by Gasteiger charge is 2.70. The molecule has 7 rings (SSSR count). The first-order chi connectivity index (χ1) is 24.3. The van der Waals surface area contributed by atoms with E-state index in [-0.39, 0.29) is 37.9 Å². The summed E-state index contributed by atoms with van der Waals surface area (Å²) >= 11 is 0. The van der Waals surface area contributed by atoms with E-state index in [4.69, 9.17) is 5.14 Å². The van der Waals surface area contributed by atoms with Crippen LogP contribution in [-0.2, 0) is 10.0 Å². The van der Waals surface area contributed by atoms with Crippen molar-refractivity contribution in [2.45, 2.75) is 104 Å². The summed E-state index contributed by atoms with van der Waals surface area (Å²) in [5.41, 5.74) is 5.04. The van der Waals surface area contributed by atoms with Crippen molar-refractivity contribution in [3.8, 4) is 0 Å². The molecule has 9 atom stereocenters. The Bertz CT molecular complexity index is 1930. The largest absolute Gasteiger partial charge is 0.478 e. The van der Waals surface area contributed by atoms with Gasteiger partial charge in [-0.2, -0.15) is 0 Å². The highest BCUT2D eigenvalue weighted by molar-refractivity contribution is 7.89. The second kappa shape index (κ2) is 12.4. The van der Waals surface area contributed by atoms with Gasteiger partial charge in [0.1, 0.15) is 0 Å². The van der Waals surface area contributed by atoms with Crippen molar-refractivity contribution >= 4 is 27.5 Å². The van der Waals surface area contributed by atoms with E-state index >= 15 is 0 Å². The maximum atomic E-state index is 13.5. The first-order valence-corrected chi connectivity index (χ1v) is 20.9. The van der Waals surface area contributed by atoms with E-state index in [2.05, 4.69) is 59.5 Å². The summed E-state index contributed by atoms with van der Waals surface area (Å²) in [7, 11) is -3.83. The van der Waals surface area contributed by atoms with Gasteiger partial charge in [-0.1, -0.05) is 65.0 Å². The average molecular weight is 727 g/mol. The van der Waals surface area contributed by atoms with E-state index in [0.29, 0.717) is 47.3 Å². The summed E-state index contributed by atoms with van der Waals surface area (Å²) in [6.45, 7) is 20.1. The van der Waals surface area contributed by atoms with E-state index < -0.39 is 16.0 Å². The standard InChI is InChI=1S/C44H58N2O5S/c1-27(2)32-18-23-44(26-46-38(47)29-12-14-31(15-13-29)52(45,50)51)25-24-42(6)34(37(32)44)16-17-36-41(5)21-19-33(28-8-10-30(11-9-28)39(48)49)40(3,4)35(41)20-22-43(36,42)7/h8-15,19,32,34-37H,1,16-18,20-26H2,2-7H3,(H,46,47)(H,48,49)(H2,45,50,51)/t32-,34+,35-,36+,37+,41-,42+,43+,44+/m0/s1. The van der Waals surface area contributed by atoms with Crippen LogP contribution in [0.5, 0.6) is 0 Å². The fourth-order valence-electron chi connectivity index (χ4n) is 13.6. The normalized spacial score (nSPS) is 37.8. The summed E-state index contributed by atoms with van der Waals surface area (Å²) in [5.74, 6) is 1.52. The molecule has 0 aliphatic heterocycles. The monoisotopic (exact) mass is 726 g/mol. The molecule has 0 saturated heterocycles. The van der Waals surface area contributed by atoms with Crippen molar-refractivity contribution < 1.29 is 23.1 Å². The highest BCUT2D eigenvalue weighted by Crippen LogP contribution is 2.77. The van der Waals surface area contributed by atoms with Gasteiger partial charge in [-0.3, -0.25) is 4.79 Å². The Kier molecular flexibility index (Phi) is 8.85. The summed E-state index contributed by atoms with van der Waals surface area (Å²) in [6.07, 6.45) is 12.8. The molecule has 52 heavy (non-hydrogen) atoms. The molecule has 2 aromatic rings. The number of aromatic carboxylic acids is 1. The predicted molar refractivity (Wildman–Crippen MR) is 206 cm³/mol. The third-order valence-corrected chi connectivity index (χ3v) is 17.2. The Hall–Kier alpha value is -3.23. The number of benzene rings is 2. The summed E-state index contributed by atoms with van der Waals surface area (Å²) in [5, 5.41) is 18.1. The molecule has 4 N–H and O–H groups in total. The third kappa shape index (κ3) is 5.48. The van der Waals surface area contributed by atoms with Gasteiger partial charge in [-0.05, 0) is 169 Å². The molecule has 5 aliphatic carbocycles. The molecular formula is C44H58N2O5S. The molecular weight excluding hydrogens is 669 g/mol. The van der Waals surface area contributed by atoms with Crippen LogP contribution in [0.15, 0.2) is 71.7 Å². The van der Waals surface area contributed by atoms with E-state index in [1.165, 1.54) is 49.0 Å². The SMILES string of the molecule is C=C(C)[C@@H]1CC[C@]2(CNC(=O)c3ccc(S(N)(=O)=O)cc3)CC[C@]3(C)[C@H](CC[C@@H]4[C@@]5(C)CC=C(c6ccc(C(=O)O)cc6)C(C)(C)[C@@H]5CC[C@]43C)[C@@H]12. The third-order valence-electron chi connectivity index (χ3n) is 16.3. The lowest BCUT2D eigenvalue weighted by molar-refractivity contribution is -0.224. The summed E-state index contributed by atoms with van der Waals surface area (Å²) < 4.78 is 23.5. The van der Waals surface area contributed by atoms with Crippen LogP contribution in [0.25, 0.3) is 5.57 Å². The molecule has 0 radical (unpaired) electrons. The van der Waals surface area contributed by atoms with Crippen LogP contribution in [-0.4, -0.2) is 31.9 Å². The molecule has 2 aromatic carbocycles. The lowest BCUT2D eigenvalue weighted by Crippen LogP contribution is -2.66. The molecule has 7 nitrogen and oxygen atoms in total. The number of nitrogens with two attached hydrogens (primary N) is 1. The minimum atomic E-state index is -3.83. The summed E-state index contributed by atoms with van der Waals surface area (Å²) in [6, 6.07) is 13.4. The Morgan fingerprint density at radius 1 is 0.846 bits per heavy atom. The lowest BCUT2D eigenvalue weighted by Gasteiger charge is -2.72. The summed E-state index contributed by atoms with van der Waals surface area (Å²) in [4.78, 5) is 25.0. The smallest absolute Gasteiger partial charge is 0.335 e. The van der Waals surface area contributed by atoms with E-state index in [9.17, 15) is 23.1 Å². The van der Waals surface area contributed by atoms with Crippen molar-refractivity contribution in [1.82, 2.24) is 5.32 Å². The quantitative estimate of drug-likeness (QED) is 0.246. The van der Waals surface area contributed by atoms with Gasteiger partial charge >= 0.3 is 5.97 Å². The Morgan fingerprint density at radius 3 is 2.12 bits per heavy atom.